The highest BCUT2D eigenvalue weighted by atomic mass is 16.5. The van der Waals surface area contributed by atoms with Gasteiger partial charge < -0.3 is 15.0 Å². The summed E-state index contributed by atoms with van der Waals surface area (Å²) in [6.07, 6.45) is 2.09. The van der Waals surface area contributed by atoms with Crippen LogP contribution in [-0.2, 0) is 9.53 Å². The molecule has 4 heteroatoms. The normalized spacial score (nSPS) is 20.5. The summed E-state index contributed by atoms with van der Waals surface area (Å²) >= 11 is 0. The SMILES string of the molecule is CC.CN(C)CC(=O)NC1CCCOC1. The average Bonchev–Trinajstić information content (AvgIpc) is 2.21. The summed E-state index contributed by atoms with van der Waals surface area (Å²) in [6, 6.07) is 0.223. The third kappa shape index (κ3) is 7.33. The summed E-state index contributed by atoms with van der Waals surface area (Å²) in [5, 5.41) is 2.94. The van der Waals surface area contributed by atoms with Crippen molar-refractivity contribution in [3.63, 3.8) is 0 Å². The average molecular weight is 216 g/mol. The maximum Gasteiger partial charge on any atom is 0.234 e. The lowest BCUT2D eigenvalue weighted by Gasteiger charge is -2.23. The zero-order chi connectivity index (χ0) is 11.7. The van der Waals surface area contributed by atoms with Crippen LogP contribution in [0, 0.1) is 0 Å². The van der Waals surface area contributed by atoms with Crippen LogP contribution < -0.4 is 5.32 Å². The number of carbonyl (C=O) groups is 1. The van der Waals surface area contributed by atoms with Crippen LogP contribution >= 0.6 is 0 Å². The molecule has 0 aromatic carbocycles. The van der Waals surface area contributed by atoms with Crippen LogP contribution in [0.3, 0.4) is 0 Å². The van der Waals surface area contributed by atoms with Crippen LogP contribution in [0.15, 0.2) is 0 Å². The van der Waals surface area contributed by atoms with Crippen molar-refractivity contribution in [2.75, 3.05) is 33.9 Å². The van der Waals surface area contributed by atoms with Gasteiger partial charge in [0.25, 0.3) is 0 Å². The van der Waals surface area contributed by atoms with E-state index < -0.39 is 0 Å². The molecule has 0 radical (unpaired) electrons. The highest BCUT2D eigenvalue weighted by molar-refractivity contribution is 5.78. The number of carbonyl (C=O) groups excluding carboxylic acids is 1. The largest absolute Gasteiger partial charge is 0.379 e. The Balaban J connectivity index is 0.000000921. The van der Waals surface area contributed by atoms with E-state index in [0.717, 1.165) is 19.4 Å². The smallest absolute Gasteiger partial charge is 0.234 e. The monoisotopic (exact) mass is 216 g/mol. The van der Waals surface area contributed by atoms with E-state index in [1.54, 1.807) is 0 Å². The fourth-order valence-electron chi connectivity index (χ4n) is 1.42. The number of ether oxygens (including phenoxy) is 1. The lowest BCUT2D eigenvalue weighted by Crippen LogP contribution is -2.44. The summed E-state index contributed by atoms with van der Waals surface area (Å²) < 4.78 is 5.26. The van der Waals surface area contributed by atoms with Gasteiger partial charge >= 0.3 is 0 Å². The standard InChI is InChI=1S/C9H18N2O2.C2H6/c1-11(2)6-9(12)10-8-4-3-5-13-7-8;1-2/h8H,3-7H2,1-2H3,(H,10,12);1-2H3. The van der Waals surface area contributed by atoms with Crippen molar-refractivity contribution in [3.05, 3.63) is 0 Å². The molecule has 1 unspecified atom stereocenters. The van der Waals surface area contributed by atoms with E-state index in [1.165, 1.54) is 0 Å². The molecule has 1 heterocycles. The molecular weight excluding hydrogens is 192 g/mol. The zero-order valence-corrected chi connectivity index (χ0v) is 10.4. The molecule has 1 saturated heterocycles. The molecule has 1 N–H and O–H groups in total. The minimum absolute atomic E-state index is 0.0838. The zero-order valence-electron chi connectivity index (χ0n) is 10.4. The van der Waals surface area contributed by atoms with Crippen molar-refractivity contribution in [2.24, 2.45) is 0 Å². The van der Waals surface area contributed by atoms with Crippen molar-refractivity contribution in [1.29, 1.82) is 0 Å². The number of amides is 1. The number of hydrogen-bond acceptors (Lipinski definition) is 3. The molecule has 1 fully saturated rings. The van der Waals surface area contributed by atoms with Crippen LogP contribution in [0.4, 0.5) is 0 Å². The Kier molecular flexibility index (Phi) is 8.33. The summed E-state index contributed by atoms with van der Waals surface area (Å²) in [5.41, 5.74) is 0. The highest BCUT2D eigenvalue weighted by Crippen LogP contribution is 2.05. The number of rotatable bonds is 3. The number of nitrogens with one attached hydrogen (secondary N) is 1. The summed E-state index contributed by atoms with van der Waals surface area (Å²) in [4.78, 5) is 13.2. The van der Waals surface area contributed by atoms with E-state index >= 15 is 0 Å². The maximum absolute atomic E-state index is 11.3. The van der Waals surface area contributed by atoms with Gasteiger partial charge in [-0.25, -0.2) is 0 Å². The molecule has 15 heavy (non-hydrogen) atoms. The number of nitrogens with zero attached hydrogens (tertiary/aromatic N) is 1. The second-order valence-corrected chi connectivity index (χ2v) is 3.72. The van der Waals surface area contributed by atoms with Crippen molar-refractivity contribution >= 4 is 5.91 Å². The van der Waals surface area contributed by atoms with Crippen molar-refractivity contribution in [1.82, 2.24) is 10.2 Å². The van der Waals surface area contributed by atoms with Gasteiger partial charge in [-0.1, -0.05) is 13.8 Å². The van der Waals surface area contributed by atoms with Crippen LogP contribution in [0.1, 0.15) is 26.7 Å². The van der Waals surface area contributed by atoms with Gasteiger partial charge in [0.15, 0.2) is 0 Å². The van der Waals surface area contributed by atoms with E-state index in [2.05, 4.69) is 5.32 Å². The van der Waals surface area contributed by atoms with E-state index in [9.17, 15) is 4.79 Å². The Labute approximate surface area is 93.0 Å². The van der Waals surface area contributed by atoms with Gasteiger partial charge in [0.1, 0.15) is 0 Å². The van der Waals surface area contributed by atoms with E-state index in [1.807, 2.05) is 32.8 Å². The molecule has 0 spiro atoms. The van der Waals surface area contributed by atoms with Gasteiger partial charge in [-0.2, -0.15) is 0 Å². The van der Waals surface area contributed by atoms with Crippen molar-refractivity contribution in [2.45, 2.75) is 32.7 Å². The third-order valence-corrected chi connectivity index (χ3v) is 1.99. The van der Waals surface area contributed by atoms with Gasteiger partial charge in [0, 0.05) is 6.61 Å². The second kappa shape index (κ2) is 8.68. The van der Waals surface area contributed by atoms with Gasteiger partial charge in [-0.3, -0.25) is 4.79 Å². The van der Waals surface area contributed by atoms with E-state index in [4.69, 9.17) is 4.74 Å². The molecule has 1 atom stereocenters. The van der Waals surface area contributed by atoms with Gasteiger partial charge in [-0.05, 0) is 26.9 Å². The lowest BCUT2D eigenvalue weighted by molar-refractivity contribution is -0.123. The minimum atomic E-state index is 0.0838. The second-order valence-electron chi connectivity index (χ2n) is 3.72. The van der Waals surface area contributed by atoms with E-state index in [0.29, 0.717) is 13.2 Å². The van der Waals surface area contributed by atoms with E-state index in [-0.39, 0.29) is 11.9 Å². The molecule has 0 aliphatic carbocycles. The Morgan fingerprint density at radius 1 is 1.47 bits per heavy atom. The Bertz CT molecular complexity index is 166. The highest BCUT2D eigenvalue weighted by Gasteiger charge is 2.15. The third-order valence-electron chi connectivity index (χ3n) is 1.99. The molecule has 1 amide bonds. The molecule has 0 aromatic rings. The Hall–Kier alpha value is -0.610. The summed E-state index contributed by atoms with van der Waals surface area (Å²) in [5.74, 6) is 0.0838. The topological polar surface area (TPSA) is 41.6 Å². The predicted octanol–water partition coefficient (Wildman–Crippen LogP) is 0.869. The molecule has 0 aromatic heterocycles. The fourth-order valence-corrected chi connectivity index (χ4v) is 1.42. The van der Waals surface area contributed by atoms with Crippen LogP contribution in [0.25, 0.3) is 0 Å². The quantitative estimate of drug-likeness (QED) is 0.761. The lowest BCUT2D eigenvalue weighted by atomic mass is 10.1. The minimum Gasteiger partial charge on any atom is -0.379 e. The summed E-state index contributed by atoms with van der Waals surface area (Å²) in [7, 11) is 3.77. The van der Waals surface area contributed by atoms with Crippen LogP contribution in [0.5, 0.6) is 0 Å². The number of hydrogen-bond donors (Lipinski definition) is 1. The Morgan fingerprint density at radius 3 is 2.60 bits per heavy atom. The van der Waals surface area contributed by atoms with Crippen molar-refractivity contribution < 1.29 is 9.53 Å². The van der Waals surface area contributed by atoms with Crippen LogP contribution in [0.2, 0.25) is 0 Å². The van der Waals surface area contributed by atoms with Crippen LogP contribution in [-0.4, -0.2) is 50.7 Å². The molecule has 90 valence electrons. The first-order valence-electron chi connectivity index (χ1n) is 5.70. The van der Waals surface area contributed by atoms with Gasteiger partial charge in [0.2, 0.25) is 5.91 Å². The molecule has 0 bridgehead atoms. The Morgan fingerprint density at radius 2 is 2.13 bits per heavy atom. The number of likely N-dealkylation sites (N-methyl/N-ethyl adjacent to an activating group) is 1. The summed E-state index contributed by atoms with van der Waals surface area (Å²) in [6.45, 7) is 5.95. The first kappa shape index (κ1) is 14.4. The first-order chi connectivity index (χ1) is 7.18. The molecule has 4 nitrogen and oxygen atoms in total. The molecule has 1 rings (SSSR count). The molecule has 0 saturated carbocycles. The molecular formula is C11H24N2O2. The van der Waals surface area contributed by atoms with Gasteiger partial charge in [0.05, 0.1) is 19.2 Å². The molecule has 1 aliphatic heterocycles. The van der Waals surface area contributed by atoms with Crippen molar-refractivity contribution in [3.8, 4) is 0 Å². The first-order valence-corrected chi connectivity index (χ1v) is 5.70. The predicted molar refractivity (Wildman–Crippen MR) is 61.9 cm³/mol. The fraction of sp³-hybridized carbons (Fsp3) is 0.909. The maximum atomic E-state index is 11.3. The van der Waals surface area contributed by atoms with Gasteiger partial charge in [-0.15, -0.1) is 0 Å². The molecule has 1 aliphatic rings.